The van der Waals surface area contributed by atoms with E-state index >= 15 is 0 Å². The number of nitrogens with zero attached hydrogens (tertiary/aromatic N) is 3. The van der Waals surface area contributed by atoms with Crippen molar-refractivity contribution in [1.82, 2.24) is 14.7 Å². The van der Waals surface area contributed by atoms with Gasteiger partial charge in [-0.1, -0.05) is 41.9 Å². The Morgan fingerprint density at radius 3 is 2.66 bits per heavy atom. The van der Waals surface area contributed by atoms with E-state index in [1.54, 1.807) is 0 Å². The van der Waals surface area contributed by atoms with E-state index in [1.807, 2.05) is 59.3 Å². The van der Waals surface area contributed by atoms with Crippen LogP contribution in [0.5, 0.6) is 5.75 Å². The number of benzene rings is 2. The smallest absolute Gasteiger partial charge is 0.335 e. The molecular formula is C26H30ClN3O5. The van der Waals surface area contributed by atoms with Crippen LogP contribution in [0, 0.1) is 0 Å². The average Bonchev–Trinajstić information content (AvgIpc) is 3.26. The van der Waals surface area contributed by atoms with E-state index in [9.17, 15) is 9.90 Å². The first-order valence-corrected chi connectivity index (χ1v) is 11.9. The van der Waals surface area contributed by atoms with Crippen LogP contribution in [0.1, 0.15) is 25.1 Å². The molecule has 0 amide bonds. The van der Waals surface area contributed by atoms with Crippen LogP contribution < -0.4 is 4.74 Å². The molecule has 0 spiro atoms. The Balaban J connectivity index is 1.58. The van der Waals surface area contributed by atoms with Gasteiger partial charge in [-0.2, -0.15) is 5.10 Å². The van der Waals surface area contributed by atoms with Crippen LogP contribution in [0.2, 0.25) is 5.02 Å². The monoisotopic (exact) mass is 499 g/mol. The van der Waals surface area contributed by atoms with Crippen molar-refractivity contribution in [2.24, 2.45) is 0 Å². The van der Waals surface area contributed by atoms with E-state index in [1.165, 1.54) is 13.8 Å². The fourth-order valence-electron chi connectivity index (χ4n) is 3.64. The molecule has 2 heterocycles. The number of morpholine rings is 1. The van der Waals surface area contributed by atoms with Crippen LogP contribution in [0.15, 0.2) is 54.6 Å². The van der Waals surface area contributed by atoms with Gasteiger partial charge in [0.2, 0.25) is 0 Å². The van der Waals surface area contributed by atoms with Gasteiger partial charge in [0, 0.05) is 23.7 Å². The van der Waals surface area contributed by atoms with Crippen LogP contribution >= 0.6 is 11.6 Å². The molecule has 0 radical (unpaired) electrons. The number of aromatic nitrogens is 2. The summed E-state index contributed by atoms with van der Waals surface area (Å²) < 4.78 is 18.9. The summed E-state index contributed by atoms with van der Waals surface area (Å²) in [7, 11) is 0. The molecule has 186 valence electrons. The third-order valence-corrected chi connectivity index (χ3v) is 6.22. The molecule has 1 N–H and O–H groups in total. The molecule has 8 nitrogen and oxygen atoms in total. The van der Waals surface area contributed by atoms with Crippen LogP contribution in [-0.4, -0.2) is 64.4 Å². The van der Waals surface area contributed by atoms with Crippen molar-refractivity contribution >= 4 is 17.6 Å². The Bertz CT molecular complexity index is 1160. The molecule has 2 aromatic carbocycles. The summed E-state index contributed by atoms with van der Waals surface area (Å²) in [5.41, 5.74) is 2.01. The molecule has 4 rings (SSSR count). The van der Waals surface area contributed by atoms with E-state index < -0.39 is 11.6 Å². The van der Waals surface area contributed by atoms with Crippen LogP contribution in [0.25, 0.3) is 11.3 Å². The van der Waals surface area contributed by atoms with E-state index in [4.69, 9.17) is 30.9 Å². The Kier molecular flexibility index (Phi) is 8.07. The maximum absolute atomic E-state index is 11.4. The summed E-state index contributed by atoms with van der Waals surface area (Å²) in [4.78, 5) is 13.6. The zero-order chi connectivity index (χ0) is 24.8. The van der Waals surface area contributed by atoms with Crippen molar-refractivity contribution in [1.29, 1.82) is 0 Å². The summed E-state index contributed by atoms with van der Waals surface area (Å²) in [5.74, 6) is -0.275. The van der Waals surface area contributed by atoms with E-state index in [-0.39, 0.29) is 6.61 Å². The molecule has 1 saturated heterocycles. The zero-order valence-electron chi connectivity index (χ0n) is 19.9. The maximum Gasteiger partial charge on any atom is 0.335 e. The summed E-state index contributed by atoms with van der Waals surface area (Å²) in [6.07, 6.45) is 0. The minimum absolute atomic E-state index is 0.0645. The molecule has 3 aromatic rings. The van der Waals surface area contributed by atoms with Crippen molar-refractivity contribution in [3.63, 3.8) is 0 Å². The topological polar surface area (TPSA) is 86.0 Å². The quantitative estimate of drug-likeness (QED) is 0.445. The Hall–Kier alpha value is -2.91. The van der Waals surface area contributed by atoms with Crippen LogP contribution in [0.4, 0.5) is 0 Å². The van der Waals surface area contributed by atoms with Gasteiger partial charge in [0.05, 0.1) is 37.8 Å². The first-order chi connectivity index (χ1) is 16.8. The third-order valence-electron chi connectivity index (χ3n) is 5.85. The molecule has 0 atom stereocenters. The van der Waals surface area contributed by atoms with Gasteiger partial charge in [0.15, 0.2) is 5.60 Å². The largest absolute Gasteiger partial charge is 0.479 e. The van der Waals surface area contributed by atoms with Gasteiger partial charge in [-0.05, 0) is 43.7 Å². The molecule has 9 heteroatoms. The fraction of sp³-hybridized carbons (Fsp3) is 0.385. The van der Waals surface area contributed by atoms with Crippen LogP contribution in [0.3, 0.4) is 0 Å². The number of hydrogen-bond donors (Lipinski definition) is 1. The summed E-state index contributed by atoms with van der Waals surface area (Å²) in [5, 5.41) is 14.7. The number of rotatable bonds is 10. The number of halogens is 1. The number of carboxylic acid groups (broad SMARTS) is 1. The average molecular weight is 500 g/mol. The lowest BCUT2D eigenvalue weighted by molar-refractivity contribution is -0.162. The highest BCUT2D eigenvalue weighted by molar-refractivity contribution is 6.31. The van der Waals surface area contributed by atoms with Gasteiger partial charge < -0.3 is 19.3 Å². The molecule has 0 aliphatic carbocycles. The minimum atomic E-state index is -1.32. The maximum atomic E-state index is 11.4. The Morgan fingerprint density at radius 2 is 1.91 bits per heavy atom. The summed E-state index contributed by atoms with van der Waals surface area (Å²) in [6.45, 7) is 7.18. The molecule has 1 aromatic heterocycles. The highest BCUT2D eigenvalue weighted by Gasteiger charge is 2.28. The zero-order valence-corrected chi connectivity index (χ0v) is 20.7. The molecular weight excluding hydrogens is 470 g/mol. The summed E-state index contributed by atoms with van der Waals surface area (Å²) in [6, 6.07) is 17.4. The normalized spacial score (nSPS) is 14.7. The first kappa shape index (κ1) is 25.2. The third kappa shape index (κ3) is 6.61. The fourth-order valence-corrected chi connectivity index (χ4v) is 3.83. The number of ether oxygens (including phenoxy) is 3. The molecule has 0 saturated carbocycles. The van der Waals surface area contributed by atoms with Gasteiger partial charge in [-0.15, -0.1) is 0 Å². The lowest BCUT2D eigenvalue weighted by Gasteiger charge is -2.26. The van der Waals surface area contributed by atoms with E-state index in [0.717, 1.165) is 35.7 Å². The Morgan fingerprint density at radius 1 is 1.14 bits per heavy atom. The molecule has 0 unspecified atom stereocenters. The lowest BCUT2D eigenvalue weighted by Crippen LogP contribution is -2.38. The van der Waals surface area contributed by atoms with Crippen molar-refractivity contribution in [2.75, 3.05) is 33.0 Å². The standard InChI is InChI=1S/C26H30ClN3O5/c1-26(2,25(31)32)35-17-21-15-24(30(28-21)16-20-6-3-4-9-23(20)27)19-7-5-8-22(14-19)34-18-29-10-12-33-13-11-29/h3-9,14-15H,10-13,16-18H2,1-2H3,(H,31,32). The SMILES string of the molecule is CC(C)(OCc1cc(-c2cccc(OCN3CCOCC3)c2)n(Cc2ccccc2Cl)n1)C(=O)O. The van der Waals surface area contributed by atoms with Crippen LogP contribution in [-0.2, 0) is 27.4 Å². The van der Waals surface area contributed by atoms with Gasteiger partial charge in [0.25, 0.3) is 0 Å². The van der Waals surface area contributed by atoms with Crippen molar-refractivity contribution < 1.29 is 24.1 Å². The highest BCUT2D eigenvalue weighted by Crippen LogP contribution is 2.28. The predicted octanol–water partition coefficient (Wildman–Crippen LogP) is 4.30. The second-order valence-corrected chi connectivity index (χ2v) is 9.31. The number of hydrogen-bond acceptors (Lipinski definition) is 6. The van der Waals surface area contributed by atoms with Gasteiger partial charge in [-0.3, -0.25) is 9.58 Å². The number of carboxylic acids is 1. The minimum Gasteiger partial charge on any atom is -0.479 e. The predicted molar refractivity (Wildman–Crippen MR) is 133 cm³/mol. The van der Waals surface area contributed by atoms with Gasteiger partial charge >= 0.3 is 5.97 Å². The number of aliphatic carboxylic acids is 1. The first-order valence-electron chi connectivity index (χ1n) is 11.5. The van der Waals surface area contributed by atoms with Gasteiger partial charge in [0.1, 0.15) is 12.5 Å². The van der Waals surface area contributed by atoms with Crippen molar-refractivity contribution in [2.45, 2.75) is 32.6 Å². The van der Waals surface area contributed by atoms with E-state index in [0.29, 0.717) is 37.2 Å². The number of carbonyl (C=O) groups is 1. The van der Waals surface area contributed by atoms with Crippen molar-refractivity contribution in [3.8, 4) is 17.0 Å². The molecule has 35 heavy (non-hydrogen) atoms. The highest BCUT2D eigenvalue weighted by atomic mass is 35.5. The lowest BCUT2D eigenvalue weighted by atomic mass is 10.1. The van der Waals surface area contributed by atoms with E-state index in [2.05, 4.69) is 4.90 Å². The molecule has 0 bridgehead atoms. The molecule has 1 fully saturated rings. The van der Waals surface area contributed by atoms with Crippen molar-refractivity contribution in [3.05, 3.63) is 70.9 Å². The second-order valence-electron chi connectivity index (χ2n) is 8.91. The Labute approximate surface area is 210 Å². The van der Waals surface area contributed by atoms with Gasteiger partial charge in [-0.25, -0.2) is 4.79 Å². The second kappa shape index (κ2) is 11.2. The molecule has 1 aliphatic heterocycles. The molecule has 1 aliphatic rings. The summed E-state index contributed by atoms with van der Waals surface area (Å²) >= 11 is 6.41.